The Hall–Kier alpha value is -1.06. The van der Waals surface area contributed by atoms with E-state index in [4.69, 9.17) is 9.47 Å². The van der Waals surface area contributed by atoms with E-state index in [0.29, 0.717) is 12.3 Å². The van der Waals surface area contributed by atoms with Gasteiger partial charge in [0.15, 0.2) is 5.92 Å². The molecule has 0 aromatic carbocycles. The van der Waals surface area contributed by atoms with Crippen LogP contribution in [0.15, 0.2) is 0 Å². The van der Waals surface area contributed by atoms with Crippen molar-refractivity contribution in [2.24, 2.45) is 17.8 Å². The fourth-order valence-corrected chi connectivity index (χ4v) is 1.58. The molecular weight excluding hydrogens is 208 g/mol. The number of cyclic esters (lactones) is 2. The monoisotopic (exact) mass is 228 g/mol. The van der Waals surface area contributed by atoms with Gasteiger partial charge < -0.3 is 9.47 Å². The van der Waals surface area contributed by atoms with Crippen LogP contribution < -0.4 is 0 Å². The average molecular weight is 228 g/mol. The summed E-state index contributed by atoms with van der Waals surface area (Å²) >= 11 is 0. The summed E-state index contributed by atoms with van der Waals surface area (Å²) in [7, 11) is 0. The summed E-state index contributed by atoms with van der Waals surface area (Å²) in [6, 6.07) is 0. The van der Waals surface area contributed by atoms with Crippen molar-refractivity contribution in [2.45, 2.75) is 46.8 Å². The van der Waals surface area contributed by atoms with Crippen LogP contribution in [0.25, 0.3) is 0 Å². The number of ether oxygens (including phenoxy) is 2. The Morgan fingerprint density at radius 1 is 1.12 bits per heavy atom. The highest BCUT2D eigenvalue weighted by Crippen LogP contribution is 2.29. The van der Waals surface area contributed by atoms with E-state index in [1.54, 1.807) is 13.8 Å². The minimum Gasteiger partial charge on any atom is -0.422 e. The Kier molecular flexibility index (Phi) is 3.61. The maximum absolute atomic E-state index is 11.7. The van der Waals surface area contributed by atoms with Crippen molar-refractivity contribution < 1.29 is 19.1 Å². The second kappa shape index (κ2) is 4.44. The Morgan fingerprint density at radius 3 is 1.94 bits per heavy atom. The van der Waals surface area contributed by atoms with Gasteiger partial charge in [-0.15, -0.1) is 0 Å². The molecule has 0 radical (unpaired) electrons. The van der Waals surface area contributed by atoms with Gasteiger partial charge in [-0.1, -0.05) is 20.8 Å². The lowest BCUT2D eigenvalue weighted by Crippen LogP contribution is -2.46. The van der Waals surface area contributed by atoms with Crippen molar-refractivity contribution in [3.8, 4) is 0 Å². The summed E-state index contributed by atoms with van der Waals surface area (Å²) in [6.45, 7) is 9.27. The van der Waals surface area contributed by atoms with Crippen LogP contribution in [0.4, 0.5) is 0 Å². The van der Waals surface area contributed by atoms with Gasteiger partial charge in [0.25, 0.3) is 5.79 Å². The standard InChI is InChI=1S/C12H20O4/c1-7(2)8(3)6-9-10(13)15-12(4,5)16-11(9)14/h7-9H,6H2,1-5H3/t8-/m1/s1. The van der Waals surface area contributed by atoms with Gasteiger partial charge in [0.05, 0.1) is 0 Å². The summed E-state index contributed by atoms with van der Waals surface area (Å²) in [6.07, 6.45) is 0.491. The number of esters is 2. The van der Waals surface area contributed by atoms with E-state index in [9.17, 15) is 9.59 Å². The minimum atomic E-state index is -1.12. The third-order valence-electron chi connectivity index (χ3n) is 3.01. The quantitative estimate of drug-likeness (QED) is 0.548. The molecule has 0 bridgehead atoms. The Morgan fingerprint density at radius 2 is 1.56 bits per heavy atom. The number of hydrogen-bond acceptors (Lipinski definition) is 4. The zero-order chi connectivity index (χ0) is 12.5. The minimum absolute atomic E-state index is 0.284. The Balaban J connectivity index is 2.68. The van der Waals surface area contributed by atoms with E-state index < -0.39 is 23.6 Å². The molecule has 1 rings (SSSR count). The second-order valence-corrected chi connectivity index (χ2v) is 5.25. The van der Waals surface area contributed by atoms with Crippen molar-refractivity contribution in [3.63, 3.8) is 0 Å². The second-order valence-electron chi connectivity index (χ2n) is 5.25. The molecule has 0 unspecified atom stereocenters. The molecule has 92 valence electrons. The summed E-state index contributed by atoms with van der Waals surface area (Å²) < 4.78 is 10.1. The lowest BCUT2D eigenvalue weighted by Gasteiger charge is -2.34. The normalized spacial score (nSPS) is 22.9. The van der Waals surface area contributed by atoms with Gasteiger partial charge in [0, 0.05) is 13.8 Å². The molecule has 0 spiro atoms. The molecule has 0 amide bonds. The van der Waals surface area contributed by atoms with Crippen LogP contribution in [0.5, 0.6) is 0 Å². The van der Waals surface area contributed by atoms with Crippen molar-refractivity contribution in [2.75, 3.05) is 0 Å². The smallest absolute Gasteiger partial charge is 0.323 e. The fourth-order valence-electron chi connectivity index (χ4n) is 1.58. The zero-order valence-corrected chi connectivity index (χ0v) is 10.6. The van der Waals surface area contributed by atoms with E-state index in [2.05, 4.69) is 13.8 Å². The van der Waals surface area contributed by atoms with Gasteiger partial charge in [-0.05, 0) is 18.3 Å². The first kappa shape index (κ1) is 13.0. The summed E-state index contributed by atoms with van der Waals surface area (Å²) in [5.74, 6) is -2.10. The highest BCUT2D eigenvalue weighted by molar-refractivity contribution is 5.96. The molecule has 0 aromatic heterocycles. The van der Waals surface area contributed by atoms with E-state index in [-0.39, 0.29) is 5.92 Å². The van der Waals surface area contributed by atoms with Crippen LogP contribution in [0.2, 0.25) is 0 Å². The Labute approximate surface area is 96.3 Å². The van der Waals surface area contributed by atoms with Crippen LogP contribution in [0.3, 0.4) is 0 Å². The van der Waals surface area contributed by atoms with Gasteiger partial charge in [-0.3, -0.25) is 9.59 Å². The van der Waals surface area contributed by atoms with Crippen molar-refractivity contribution in [1.82, 2.24) is 0 Å². The lowest BCUT2D eigenvalue weighted by molar-refractivity contribution is -0.240. The predicted octanol–water partition coefficient (Wildman–Crippen LogP) is 2.12. The lowest BCUT2D eigenvalue weighted by atomic mass is 9.87. The van der Waals surface area contributed by atoms with Gasteiger partial charge in [0.2, 0.25) is 0 Å². The molecule has 0 aliphatic carbocycles. The molecule has 1 fully saturated rings. The molecule has 0 N–H and O–H groups in total. The highest BCUT2D eigenvalue weighted by Gasteiger charge is 2.43. The molecule has 1 heterocycles. The molecule has 1 aliphatic rings. The van der Waals surface area contributed by atoms with E-state index in [0.717, 1.165) is 0 Å². The molecule has 4 nitrogen and oxygen atoms in total. The fraction of sp³-hybridized carbons (Fsp3) is 0.833. The molecular formula is C12H20O4. The van der Waals surface area contributed by atoms with Gasteiger partial charge in [0.1, 0.15) is 0 Å². The van der Waals surface area contributed by atoms with Crippen molar-refractivity contribution >= 4 is 11.9 Å². The van der Waals surface area contributed by atoms with Gasteiger partial charge >= 0.3 is 11.9 Å². The first-order valence-electron chi connectivity index (χ1n) is 5.68. The third-order valence-corrected chi connectivity index (χ3v) is 3.01. The zero-order valence-electron chi connectivity index (χ0n) is 10.6. The van der Waals surface area contributed by atoms with Crippen LogP contribution in [0, 0.1) is 17.8 Å². The molecule has 4 heteroatoms. The Bertz CT molecular complexity index is 273. The molecule has 1 atom stereocenters. The van der Waals surface area contributed by atoms with Crippen LogP contribution in [0.1, 0.15) is 41.0 Å². The summed E-state index contributed by atoms with van der Waals surface area (Å²) in [5, 5.41) is 0. The molecule has 1 saturated heterocycles. The molecule has 0 aromatic rings. The maximum atomic E-state index is 11.7. The SMILES string of the molecule is CC(C)[C@H](C)CC1C(=O)OC(C)(C)OC1=O. The number of rotatable bonds is 3. The summed E-state index contributed by atoms with van der Waals surface area (Å²) in [4.78, 5) is 23.3. The highest BCUT2D eigenvalue weighted by atomic mass is 16.7. The summed E-state index contributed by atoms with van der Waals surface area (Å²) in [5.41, 5.74) is 0. The van der Waals surface area contributed by atoms with E-state index in [1.165, 1.54) is 0 Å². The number of hydrogen-bond donors (Lipinski definition) is 0. The third kappa shape index (κ3) is 2.97. The molecule has 1 aliphatic heterocycles. The average Bonchev–Trinajstić information content (AvgIpc) is 2.09. The van der Waals surface area contributed by atoms with Crippen molar-refractivity contribution in [1.29, 1.82) is 0 Å². The van der Waals surface area contributed by atoms with Gasteiger partial charge in [-0.25, -0.2) is 0 Å². The van der Waals surface area contributed by atoms with Crippen molar-refractivity contribution in [3.05, 3.63) is 0 Å². The molecule has 16 heavy (non-hydrogen) atoms. The van der Waals surface area contributed by atoms with Crippen LogP contribution in [-0.2, 0) is 19.1 Å². The van der Waals surface area contributed by atoms with Crippen LogP contribution >= 0.6 is 0 Å². The first-order valence-corrected chi connectivity index (χ1v) is 5.68. The predicted molar refractivity (Wildman–Crippen MR) is 58.4 cm³/mol. The maximum Gasteiger partial charge on any atom is 0.323 e. The van der Waals surface area contributed by atoms with E-state index >= 15 is 0 Å². The molecule has 0 saturated carbocycles. The van der Waals surface area contributed by atoms with E-state index in [1.807, 2.05) is 6.92 Å². The van der Waals surface area contributed by atoms with Crippen LogP contribution in [-0.4, -0.2) is 17.7 Å². The largest absolute Gasteiger partial charge is 0.422 e. The number of carbonyl (C=O) groups excluding carboxylic acids is 2. The number of carbonyl (C=O) groups is 2. The van der Waals surface area contributed by atoms with Gasteiger partial charge in [-0.2, -0.15) is 0 Å². The topological polar surface area (TPSA) is 52.6 Å². The first-order chi connectivity index (χ1) is 7.23.